The molecule has 5 nitrogen and oxygen atoms in total. The molecule has 0 aliphatic carbocycles. The van der Waals surface area contributed by atoms with Crippen molar-refractivity contribution in [2.45, 2.75) is 33.2 Å². The van der Waals surface area contributed by atoms with Crippen LogP contribution in [0.4, 0.5) is 0 Å². The first-order valence-corrected chi connectivity index (χ1v) is 7.88. The topological polar surface area (TPSA) is 61.4 Å². The molecule has 0 aromatic heterocycles. The SMILES string of the molecule is CCCN(CC)C(=O)c1ccc(C(=O)NCC(C)NC)cc1. The monoisotopic (exact) mass is 305 g/mol. The first kappa shape index (κ1) is 18.2. The molecule has 1 aromatic rings. The van der Waals surface area contributed by atoms with Gasteiger partial charge in [-0.3, -0.25) is 9.59 Å². The second-order valence-corrected chi connectivity index (χ2v) is 5.36. The van der Waals surface area contributed by atoms with Crippen molar-refractivity contribution < 1.29 is 9.59 Å². The number of benzene rings is 1. The van der Waals surface area contributed by atoms with E-state index >= 15 is 0 Å². The first-order chi connectivity index (χ1) is 10.5. The van der Waals surface area contributed by atoms with E-state index in [1.165, 1.54) is 0 Å². The maximum absolute atomic E-state index is 12.3. The third-order valence-electron chi connectivity index (χ3n) is 3.62. The minimum atomic E-state index is -0.123. The molecule has 0 aliphatic heterocycles. The lowest BCUT2D eigenvalue weighted by Gasteiger charge is -2.20. The number of likely N-dealkylation sites (N-methyl/N-ethyl adjacent to an activating group) is 1. The molecule has 1 unspecified atom stereocenters. The summed E-state index contributed by atoms with van der Waals surface area (Å²) in [4.78, 5) is 26.1. The largest absolute Gasteiger partial charge is 0.350 e. The molecule has 22 heavy (non-hydrogen) atoms. The van der Waals surface area contributed by atoms with E-state index in [2.05, 4.69) is 17.6 Å². The van der Waals surface area contributed by atoms with Gasteiger partial charge >= 0.3 is 0 Å². The molecular weight excluding hydrogens is 278 g/mol. The minimum Gasteiger partial charge on any atom is -0.350 e. The van der Waals surface area contributed by atoms with Crippen LogP contribution >= 0.6 is 0 Å². The van der Waals surface area contributed by atoms with Gasteiger partial charge in [0.2, 0.25) is 0 Å². The number of amides is 2. The van der Waals surface area contributed by atoms with Crippen LogP contribution in [0.5, 0.6) is 0 Å². The highest BCUT2D eigenvalue weighted by molar-refractivity contribution is 5.97. The lowest BCUT2D eigenvalue weighted by atomic mass is 10.1. The van der Waals surface area contributed by atoms with Gasteiger partial charge in [0, 0.05) is 36.8 Å². The van der Waals surface area contributed by atoms with Crippen LogP contribution in [-0.4, -0.2) is 49.4 Å². The summed E-state index contributed by atoms with van der Waals surface area (Å²) in [5.41, 5.74) is 1.19. The Morgan fingerprint density at radius 2 is 1.73 bits per heavy atom. The van der Waals surface area contributed by atoms with Crippen molar-refractivity contribution >= 4 is 11.8 Å². The van der Waals surface area contributed by atoms with E-state index in [0.717, 1.165) is 13.0 Å². The summed E-state index contributed by atoms with van der Waals surface area (Å²) >= 11 is 0. The van der Waals surface area contributed by atoms with Crippen LogP contribution in [0, 0.1) is 0 Å². The molecule has 2 amide bonds. The number of nitrogens with one attached hydrogen (secondary N) is 2. The van der Waals surface area contributed by atoms with E-state index in [9.17, 15) is 9.59 Å². The molecule has 1 atom stereocenters. The number of hydrogen-bond acceptors (Lipinski definition) is 3. The zero-order chi connectivity index (χ0) is 16.5. The third kappa shape index (κ3) is 5.15. The summed E-state index contributed by atoms with van der Waals surface area (Å²) in [6.07, 6.45) is 0.934. The maximum atomic E-state index is 12.3. The second kappa shape index (κ2) is 9.20. The van der Waals surface area contributed by atoms with E-state index in [1.807, 2.05) is 25.8 Å². The van der Waals surface area contributed by atoms with E-state index in [1.54, 1.807) is 24.3 Å². The van der Waals surface area contributed by atoms with Crippen molar-refractivity contribution in [1.29, 1.82) is 0 Å². The number of nitrogens with zero attached hydrogens (tertiary/aromatic N) is 1. The molecule has 122 valence electrons. The Bertz CT molecular complexity index is 485. The Balaban J connectivity index is 2.69. The summed E-state index contributed by atoms with van der Waals surface area (Å²) in [6.45, 7) is 8.02. The number of hydrogen-bond donors (Lipinski definition) is 2. The van der Waals surface area contributed by atoms with Gasteiger partial charge in [-0.25, -0.2) is 0 Å². The van der Waals surface area contributed by atoms with Crippen LogP contribution in [0.25, 0.3) is 0 Å². The Labute approximate surface area is 133 Å². The Hall–Kier alpha value is -1.88. The van der Waals surface area contributed by atoms with Crippen LogP contribution in [0.15, 0.2) is 24.3 Å². The van der Waals surface area contributed by atoms with Crippen molar-refractivity contribution in [2.24, 2.45) is 0 Å². The van der Waals surface area contributed by atoms with E-state index in [0.29, 0.717) is 24.2 Å². The molecule has 0 saturated heterocycles. The summed E-state index contributed by atoms with van der Waals surface area (Å²) < 4.78 is 0. The van der Waals surface area contributed by atoms with Crippen molar-refractivity contribution in [3.8, 4) is 0 Å². The lowest BCUT2D eigenvalue weighted by molar-refractivity contribution is 0.0763. The van der Waals surface area contributed by atoms with Crippen molar-refractivity contribution in [3.63, 3.8) is 0 Å². The number of carbonyl (C=O) groups excluding carboxylic acids is 2. The maximum Gasteiger partial charge on any atom is 0.253 e. The average molecular weight is 305 g/mol. The quantitative estimate of drug-likeness (QED) is 0.771. The van der Waals surface area contributed by atoms with Gasteiger partial charge in [-0.1, -0.05) is 6.92 Å². The molecule has 0 saturated carbocycles. The summed E-state index contributed by atoms with van der Waals surface area (Å²) in [6, 6.07) is 7.06. The van der Waals surface area contributed by atoms with Crippen molar-refractivity contribution in [3.05, 3.63) is 35.4 Å². The molecule has 5 heteroatoms. The van der Waals surface area contributed by atoms with Crippen LogP contribution in [0.1, 0.15) is 47.9 Å². The third-order valence-corrected chi connectivity index (χ3v) is 3.62. The van der Waals surface area contributed by atoms with Gasteiger partial charge in [-0.2, -0.15) is 0 Å². The molecule has 0 aliphatic rings. The van der Waals surface area contributed by atoms with E-state index in [4.69, 9.17) is 0 Å². The highest BCUT2D eigenvalue weighted by atomic mass is 16.2. The molecule has 2 N–H and O–H groups in total. The molecule has 0 fully saturated rings. The molecule has 0 bridgehead atoms. The van der Waals surface area contributed by atoms with Crippen LogP contribution < -0.4 is 10.6 Å². The van der Waals surface area contributed by atoms with Gasteiger partial charge in [-0.15, -0.1) is 0 Å². The van der Waals surface area contributed by atoms with Gasteiger partial charge in [0.15, 0.2) is 0 Å². The fraction of sp³-hybridized carbons (Fsp3) is 0.529. The Morgan fingerprint density at radius 3 is 2.23 bits per heavy atom. The standard InChI is InChI=1S/C17H27N3O2/c1-5-11-20(6-2)17(22)15-9-7-14(8-10-15)16(21)19-12-13(3)18-4/h7-10,13,18H,5-6,11-12H2,1-4H3,(H,19,21). The van der Waals surface area contributed by atoms with Gasteiger partial charge in [0.25, 0.3) is 11.8 Å². The van der Waals surface area contributed by atoms with Gasteiger partial charge < -0.3 is 15.5 Å². The molecule has 0 heterocycles. The molecular formula is C17H27N3O2. The van der Waals surface area contributed by atoms with E-state index < -0.39 is 0 Å². The van der Waals surface area contributed by atoms with Crippen LogP contribution in [0.3, 0.4) is 0 Å². The van der Waals surface area contributed by atoms with Crippen LogP contribution in [0.2, 0.25) is 0 Å². The smallest absolute Gasteiger partial charge is 0.253 e. The lowest BCUT2D eigenvalue weighted by Crippen LogP contribution is -2.37. The minimum absolute atomic E-state index is 0.0140. The van der Waals surface area contributed by atoms with Gasteiger partial charge in [-0.05, 0) is 51.6 Å². The summed E-state index contributed by atoms with van der Waals surface area (Å²) in [5, 5.41) is 5.92. The first-order valence-electron chi connectivity index (χ1n) is 7.88. The summed E-state index contributed by atoms with van der Waals surface area (Å²) in [7, 11) is 1.85. The van der Waals surface area contributed by atoms with E-state index in [-0.39, 0.29) is 17.9 Å². The Morgan fingerprint density at radius 1 is 1.14 bits per heavy atom. The van der Waals surface area contributed by atoms with Gasteiger partial charge in [0.05, 0.1) is 0 Å². The van der Waals surface area contributed by atoms with Crippen molar-refractivity contribution in [2.75, 3.05) is 26.7 Å². The average Bonchev–Trinajstić information content (AvgIpc) is 2.56. The van der Waals surface area contributed by atoms with Crippen LogP contribution in [-0.2, 0) is 0 Å². The number of rotatable bonds is 8. The van der Waals surface area contributed by atoms with Gasteiger partial charge in [0.1, 0.15) is 0 Å². The molecule has 0 radical (unpaired) electrons. The zero-order valence-electron chi connectivity index (χ0n) is 14.0. The molecule has 1 aromatic carbocycles. The Kier molecular flexibility index (Phi) is 7.60. The zero-order valence-corrected chi connectivity index (χ0v) is 14.0. The summed E-state index contributed by atoms with van der Waals surface area (Å²) in [5.74, 6) is -0.109. The number of carbonyl (C=O) groups is 2. The van der Waals surface area contributed by atoms with Crippen molar-refractivity contribution in [1.82, 2.24) is 15.5 Å². The highest BCUT2D eigenvalue weighted by Gasteiger charge is 2.14. The predicted octanol–water partition coefficient (Wildman–Crippen LogP) is 1.90. The molecule has 0 spiro atoms. The predicted molar refractivity (Wildman–Crippen MR) is 89.2 cm³/mol. The normalized spacial score (nSPS) is 11.8. The fourth-order valence-electron chi connectivity index (χ4n) is 2.07. The second-order valence-electron chi connectivity index (χ2n) is 5.36. The molecule has 1 rings (SSSR count). The fourth-order valence-corrected chi connectivity index (χ4v) is 2.07. The highest BCUT2D eigenvalue weighted by Crippen LogP contribution is 2.08.